The highest BCUT2D eigenvalue weighted by atomic mass is 19.4. The highest BCUT2D eigenvalue weighted by Crippen LogP contribution is 2.27. The van der Waals surface area contributed by atoms with Gasteiger partial charge >= 0.3 is 12.1 Å². The van der Waals surface area contributed by atoms with Gasteiger partial charge in [-0.2, -0.15) is 18.3 Å². The Hall–Kier alpha value is -4.28. The van der Waals surface area contributed by atoms with Crippen LogP contribution in [0.4, 0.5) is 13.2 Å². The molecule has 1 aliphatic rings. The fourth-order valence-corrected chi connectivity index (χ4v) is 4.28. The molecule has 4 aromatic rings. The van der Waals surface area contributed by atoms with Crippen LogP contribution in [0.15, 0.2) is 67.1 Å². The number of halogens is 3. The lowest BCUT2D eigenvalue weighted by atomic mass is 9.96. The molecular formula is C27H26F3N5O3. The normalized spacial score (nSPS) is 15.6. The Bertz CT molecular complexity index is 1420. The number of carboxylic acids is 1. The molecule has 1 fully saturated rings. The summed E-state index contributed by atoms with van der Waals surface area (Å²) in [6.45, 7) is 3.54. The number of piperidine rings is 1. The van der Waals surface area contributed by atoms with Gasteiger partial charge in [-0.15, -0.1) is 0 Å². The van der Waals surface area contributed by atoms with Crippen molar-refractivity contribution in [3.05, 3.63) is 84.1 Å². The summed E-state index contributed by atoms with van der Waals surface area (Å²) in [5.74, 6) is -1.60. The summed E-state index contributed by atoms with van der Waals surface area (Å²) in [7, 11) is 0. The van der Waals surface area contributed by atoms with Gasteiger partial charge in [0.15, 0.2) is 11.5 Å². The smallest absolute Gasteiger partial charge is 0.475 e. The molecule has 1 atom stereocenters. The predicted molar refractivity (Wildman–Crippen MR) is 133 cm³/mol. The number of carboxylic acid groups (broad SMARTS) is 1. The van der Waals surface area contributed by atoms with E-state index in [2.05, 4.69) is 18.0 Å². The van der Waals surface area contributed by atoms with Gasteiger partial charge in [0.25, 0.3) is 0 Å². The maximum Gasteiger partial charge on any atom is 0.490 e. The summed E-state index contributed by atoms with van der Waals surface area (Å²) in [6, 6.07) is 16.1. The lowest BCUT2D eigenvalue weighted by molar-refractivity contribution is -0.192. The summed E-state index contributed by atoms with van der Waals surface area (Å²) >= 11 is 0. The Labute approximate surface area is 216 Å². The number of carbonyl (C=O) groups is 2. The molecule has 8 nitrogen and oxygen atoms in total. The lowest BCUT2D eigenvalue weighted by Crippen LogP contribution is -2.40. The Balaban J connectivity index is 0.000000426. The molecule has 1 N–H and O–H groups in total. The fraction of sp³-hybridized carbons (Fsp3) is 0.296. The molecule has 1 aromatic carbocycles. The van der Waals surface area contributed by atoms with Crippen LogP contribution in [0.1, 0.15) is 35.7 Å². The third kappa shape index (κ3) is 6.53. The SMILES string of the molecule is Cc1ccccc1CC(=O)N1CCCC(c2nc3ccc(-c4cccnc4)cn3n2)C1.O=C(O)C(F)(F)F. The number of pyridine rings is 2. The zero-order chi connectivity index (χ0) is 27.3. The van der Waals surface area contributed by atoms with Crippen LogP contribution < -0.4 is 0 Å². The fourth-order valence-electron chi connectivity index (χ4n) is 4.28. The van der Waals surface area contributed by atoms with E-state index in [1.807, 2.05) is 64.3 Å². The number of hydrogen-bond acceptors (Lipinski definition) is 5. The average Bonchev–Trinajstić information content (AvgIpc) is 3.34. The van der Waals surface area contributed by atoms with Crippen LogP contribution >= 0.6 is 0 Å². The maximum absolute atomic E-state index is 12.9. The standard InChI is InChI=1S/C25H25N5O.C2HF3O2/c1-18-6-2-3-7-19(18)14-24(31)29-13-5-9-22(16-29)25-27-23-11-10-21(17-30(23)28-25)20-8-4-12-26-15-20;3-2(4,5)1(6)7/h2-4,6-8,10-12,15,17,22H,5,9,13-14,16H2,1H3;(H,6,7). The largest absolute Gasteiger partial charge is 0.490 e. The highest BCUT2D eigenvalue weighted by molar-refractivity contribution is 5.79. The molecular weight excluding hydrogens is 499 g/mol. The molecule has 0 radical (unpaired) electrons. The lowest BCUT2D eigenvalue weighted by Gasteiger charge is -2.31. The van der Waals surface area contributed by atoms with E-state index in [0.717, 1.165) is 53.1 Å². The third-order valence-corrected chi connectivity index (χ3v) is 6.33. The molecule has 1 amide bonds. The number of likely N-dealkylation sites (tertiary alicyclic amines) is 1. The third-order valence-electron chi connectivity index (χ3n) is 6.33. The van der Waals surface area contributed by atoms with Crippen molar-refractivity contribution in [3.8, 4) is 11.1 Å². The molecule has 0 bridgehead atoms. The first kappa shape index (κ1) is 26.8. The van der Waals surface area contributed by atoms with Gasteiger partial charge in [0, 0.05) is 48.7 Å². The van der Waals surface area contributed by atoms with Crippen LogP contribution in [-0.4, -0.2) is 60.7 Å². The zero-order valence-corrected chi connectivity index (χ0v) is 20.6. The first-order chi connectivity index (χ1) is 18.1. The minimum absolute atomic E-state index is 0.163. The van der Waals surface area contributed by atoms with Gasteiger partial charge in [0.05, 0.1) is 6.42 Å². The van der Waals surface area contributed by atoms with Crippen LogP contribution in [0, 0.1) is 6.92 Å². The van der Waals surface area contributed by atoms with E-state index in [1.54, 1.807) is 6.20 Å². The van der Waals surface area contributed by atoms with Crippen molar-refractivity contribution in [2.45, 2.75) is 38.3 Å². The maximum atomic E-state index is 12.9. The Morgan fingerprint density at radius 2 is 1.84 bits per heavy atom. The molecule has 1 unspecified atom stereocenters. The van der Waals surface area contributed by atoms with E-state index in [-0.39, 0.29) is 11.8 Å². The number of hydrogen-bond donors (Lipinski definition) is 1. The molecule has 198 valence electrons. The summed E-state index contributed by atoms with van der Waals surface area (Å²) in [6.07, 6.45) is 2.95. The van der Waals surface area contributed by atoms with Gasteiger partial charge in [-0.25, -0.2) is 14.3 Å². The molecule has 0 saturated carbocycles. The van der Waals surface area contributed by atoms with E-state index in [9.17, 15) is 18.0 Å². The number of aryl methyl sites for hydroxylation is 1. The van der Waals surface area contributed by atoms with Crippen molar-refractivity contribution >= 4 is 17.5 Å². The van der Waals surface area contributed by atoms with Crippen molar-refractivity contribution in [2.24, 2.45) is 0 Å². The molecule has 4 heterocycles. The van der Waals surface area contributed by atoms with E-state index in [0.29, 0.717) is 13.0 Å². The van der Waals surface area contributed by atoms with Crippen molar-refractivity contribution < 1.29 is 27.9 Å². The number of alkyl halides is 3. The Morgan fingerprint density at radius 1 is 1.08 bits per heavy atom. The molecule has 1 saturated heterocycles. The molecule has 38 heavy (non-hydrogen) atoms. The van der Waals surface area contributed by atoms with Crippen LogP contribution in [0.25, 0.3) is 16.8 Å². The number of nitrogens with zero attached hydrogens (tertiary/aromatic N) is 5. The van der Waals surface area contributed by atoms with Gasteiger partial charge in [0.1, 0.15) is 0 Å². The topological polar surface area (TPSA) is 101 Å². The molecule has 5 rings (SSSR count). The van der Waals surface area contributed by atoms with Gasteiger partial charge in [-0.3, -0.25) is 9.78 Å². The summed E-state index contributed by atoms with van der Waals surface area (Å²) in [5.41, 5.74) is 5.19. The number of aliphatic carboxylic acids is 1. The molecule has 0 aliphatic carbocycles. The minimum Gasteiger partial charge on any atom is -0.475 e. The number of amides is 1. The van der Waals surface area contributed by atoms with Crippen LogP contribution in [0.5, 0.6) is 0 Å². The van der Waals surface area contributed by atoms with E-state index < -0.39 is 12.1 Å². The predicted octanol–water partition coefficient (Wildman–Crippen LogP) is 4.68. The second-order valence-electron chi connectivity index (χ2n) is 9.02. The van der Waals surface area contributed by atoms with Crippen molar-refractivity contribution in [3.63, 3.8) is 0 Å². The van der Waals surface area contributed by atoms with Gasteiger partial charge < -0.3 is 10.0 Å². The van der Waals surface area contributed by atoms with Crippen molar-refractivity contribution in [1.82, 2.24) is 24.5 Å². The van der Waals surface area contributed by atoms with Gasteiger partial charge in [0.2, 0.25) is 5.91 Å². The van der Waals surface area contributed by atoms with E-state index in [1.165, 1.54) is 0 Å². The van der Waals surface area contributed by atoms with Crippen molar-refractivity contribution in [1.29, 1.82) is 0 Å². The first-order valence-corrected chi connectivity index (χ1v) is 12.0. The molecule has 1 aliphatic heterocycles. The minimum atomic E-state index is -5.08. The Morgan fingerprint density at radius 3 is 2.53 bits per heavy atom. The number of carbonyl (C=O) groups excluding carboxylic acids is 1. The second kappa shape index (κ2) is 11.4. The second-order valence-corrected chi connectivity index (χ2v) is 9.02. The summed E-state index contributed by atoms with van der Waals surface area (Å²) in [5, 5.41) is 11.9. The molecule has 0 spiro atoms. The van der Waals surface area contributed by atoms with E-state index >= 15 is 0 Å². The highest BCUT2D eigenvalue weighted by Gasteiger charge is 2.38. The van der Waals surface area contributed by atoms with E-state index in [4.69, 9.17) is 20.0 Å². The number of aromatic nitrogens is 4. The zero-order valence-electron chi connectivity index (χ0n) is 20.6. The number of benzene rings is 1. The summed E-state index contributed by atoms with van der Waals surface area (Å²) < 4.78 is 33.6. The molecule has 11 heteroatoms. The molecule has 3 aromatic heterocycles. The monoisotopic (exact) mass is 525 g/mol. The Kier molecular flexibility index (Phi) is 8.04. The van der Waals surface area contributed by atoms with Crippen LogP contribution in [-0.2, 0) is 16.0 Å². The number of fused-ring (bicyclic) bond motifs is 1. The van der Waals surface area contributed by atoms with Crippen LogP contribution in [0.3, 0.4) is 0 Å². The first-order valence-electron chi connectivity index (χ1n) is 12.0. The quantitative estimate of drug-likeness (QED) is 0.415. The number of rotatable bonds is 4. The van der Waals surface area contributed by atoms with Crippen molar-refractivity contribution in [2.75, 3.05) is 13.1 Å². The van der Waals surface area contributed by atoms with Gasteiger partial charge in [-0.1, -0.05) is 30.3 Å². The van der Waals surface area contributed by atoms with Crippen LogP contribution in [0.2, 0.25) is 0 Å². The van der Waals surface area contributed by atoms with Gasteiger partial charge in [-0.05, 0) is 49.1 Å². The summed E-state index contributed by atoms with van der Waals surface area (Å²) in [4.78, 5) is 32.8. The average molecular weight is 526 g/mol.